The molecular formula is C25H31FN4O. The van der Waals surface area contributed by atoms with Gasteiger partial charge in [0.1, 0.15) is 11.6 Å². The van der Waals surface area contributed by atoms with E-state index >= 15 is 0 Å². The average Bonchev–Trinajstić information content (AvgIpc) is 3.14. The van der Waals surface area contributed by atoms with E-state index in [1.165, 1.54) is 22.9 Å². The predicted octanol–water partition coefficient (Wildman–Crippen LogP) is 5.52. The van der Waals surface area contributed by atoms with Crippen LogP contribution >= 0.6 is 0 Å². The Labute approximate surface area is 183 Å². The number of H-pyrrole nitrogens is 1. The van der Waals surface area contributed by atoms with Crippen molar-refractivity contribution in [3.8, 4) is 17.0 Å². The van der Waals surface area contributed by atoms with E-state index in [4.69, 9.17) is 4.74 Å². The summed E-state index contributed by atoms with van der Waals surface area (Å²) in [6.07, 6.45) is 3.01. The largest absolute Gasteiger partial charge is 0.497 e. The fourth-order valence-corrected chi connectivity index (χ4v) is 4.27. The SMILES string of the molecule is COc1ccc(C(C)(C)CNc2cc(-c3n[nH]c4c3CCC(C)(C)C4)cc(F)n2)cc1. The van der Waals surface area contributed by atoms with E-state index in [2.05, 4.69) is 60.3 Å². The van der Waals surface area contributed by atoms with Gasteiger partial charge in [-0.25, -0.2) is 4.98 Å². The highest BCUT2D eigenvalue weighted by Crippen LogP contribution is 2.38. The second-order valence-corrected chi connectivity index (χ2v) is 9.90. The Bertz CT molecular complexity index is 1070. The summed E-state index contributed by atoms with van der Waals surface area (Å²) < 4.78 is 19.6. The molecule has 2 aromatic heterocycles. The smallest absolute Gasteiger partial charge is 0.215 e. The zero-order valence-corrected chi connectivity index (χ0v) is 19.0. The lowest BCUT2D eigenvalue weighted by Crippen LogP contribution is -2.28. The molecule has 0 unspecified atom stereocenters. The number of hydrogen-bond acceptors (Lipinski definition) is 4. The van der Waals surface area contributed by atoms with Crippen molar-refractivity contribution < 1.29 is 9.13 Å². The quantitative estimate of drug-likeness (QED) is 0.513. The lowest BCUT2D eigenvalue weighted by Gasteiger charge is -2.29. The zero-order valence-electron chi connectivity index (χ0n) is 19.0. The van der Waals surface area contributed by atoms with Gasteiger partial charge in [0.2, 0.25) is 5.95 Å². The van der Waals surface area contributed by atoms with Gasteiger partial charge in [-0.15, -0.1) is 0 Å². The third kappa shape index (κ3) is 4.58. The van der Waals surface area contributed by atoms with Gasteiger partial charge in [-0.05, 0) is 48.4 Å². The Hall–Kier alpha value is -2.89. The lowest BCUT2D eigenvalue weighted by atomic mass is 9.76. The molecule has 2 N–H and O–H groups in total. The standard InChI is InChI=1S/C25H31FN4O/c1-24(2)11-10-19-20(14-24)29-30-23(19)16-12-21(26)28-22(13-16)27-15-25(3,4)17-6-8-18(31-5)9-7-17/h6-9,12-13H,10-11,14-15H2,1-5H3,(H,27,28)(H,29,30). The summed E-state index contributed by atoms with van der Waals surface area (Å²) in [6, 6.07) is 11.4. The maximum Gasteiger partial charge on any atom is 0.215 e. The van der Waals surface area contributed by atoms with Crippen LogP contribution in [0.5, 0.6) is 5.75 Å². The fourth-order valence-electron chi connectivity index (χ4n) is 4.27. The number of anilines is 1. The molecule has 1 aliphatic carbocycles. The molecule has 0 bridgehead atoms. The molecule has 31 heavy (non-hydrogen) atoms. The van der Waals surface area contributed by atoms with E-state index in [9.17, 15) is 4.39 Å². The number of benzene rings is 1. The second-order valence-electron chi connectivity index (χ2n) is 9.90. The topological polar surface area (TPSA) is 62.8 Å². The van der Waals surface area contributed by atoms with E-state index in [0.717, 1.165) is 36.3 Å². The van der Waals surface area contributed by atoms with Gasteiger partial charge < -0.3 is 10.1 Å². The molecule has 0 spiro atoms. The first-order chi connectivity index (χ1) is 14.7. The summed E-state index contributed by atoms with van der Waals surface area (Å²) in [5, 5.41) is 11.0. The maximum absolute atomic E-state index is 14.4. The van der Waals surface area contributed by atoms with Crippen molar-refractivity contribution in [2.24, 2.45) is 5.41 Å². The molecule has 6 heteroatoms. The summed E-state index contributed by atoms with van der Waals surface area (Å²) in [5.41, 5.74) is 5.23. The van der Waals surface area contributed by atoms with Gasteiger partial charge in [0, 0.05) is 34.8 Å². The summed E-state index contributed by atoms with van der Waals surface area (Å²) >= 11 is 0. The van der Waals surface area contributed by atoms with Crippen molar-refractivity contribution >= 4 is 5.82 Å². The normalized spacial score (nSPS) is 15.4. The Morgan fingerprint density at radius 1 is 1.19 bits per heavy atom. The van der Waals surface area contributed by atoms with Gasteiger partial charge in [-0.3, -0.25) is 5.10 Å². The minimum Gasteiger partial charge on any atom is -0.497 e. The molecule has 0 radical (unpaired) electrons. The number of ether oxygens (including phenoxy) is 1. The van der Waals surface area contributed by atoms with Crippen LogP contribution in [0.15, 0.2) is 36.4 Å². The monoisotopic (exact) mass is 422 g/mol. The first-order valence-corrected chi connectivity index (χ1v) is 10.8. The molecule has 0 atom stereocenters. The van der Waals surface area contributed by atoms with Crippen molar-refractivity contribution in [2.45, 2.75) is 52.4 Å². The molecule has 3 aromatic rings. The van der Waals surface area contributed by atoms with E-state index < -0.39 is 5.95 Å². The van der Waals surface area contributed by atoms with E-state index in [1.54, 1.807) is 7.11 Å². The molecular weight excluding hydrogens is 391 g/mol. The predicted molar refractivity (Wildman–Crippen MR) is 122 cm³/mol. The number of nitrogens with zero attached hydrogens (tertiary/aromatic N) is 2. The second kappa shape index (κ2) is 7.98. The Kier molecular flexibility index (Phi) is 5.50. The van der Waals surface area contributed by atoms with Crippen LogP contribution in [0.25, 0.3) is 11.3 Å². The van der Waals surface area contributed by atoms with E-state index in [-0.39, 0.29) is 10.8 Å². The Balaban J connectivity index is 1.54. The molecule has 0 saturated heterocycles. The highest BCUT2D eigenvalue weighted by atomic mass is 19.1. The molecule has 0 aliphatic heterocycles. The number of methoxy groups -OCH3 is 1. The molecule has 0 fully saturated rings. The lowest BCUT2D eigenvalue weighted by molar-refractivity contribution is 0.312. The fraction of sp³-hybridized carbons (Fsp3) is 0.440. The van der Waals surface area contributed by atoms with Crippen LogP contribution in [0.2, 0.25) is 0 Å². The summed E-state index contributed by atoms with van der Waals surface area (Å²) in [7, 11) is 1.66. The van der Waals surface area contributed by atoms with Crippen molar-refractivity contribution in [1.29, 1.82) is 0 Å². The van der Waals surface area contributed by atoms with Crippen molar-refractivity contribution in [1.82, 2.24) is 15.2 Å². The number of rotatable bonds is 6. The molecule has 0 saturated carbocycles. The average molecular weight is 423 g/mol. The minimum absolute atomic E-state index is 0.169. The molecule has 2 heterocycles. The number of aromatic amines is 1. The van der Waals surface area contributed by atoms with E-state index in [0.29, 0.717) is 12.4 Å². The number of aromatic nitrogens is 3. The van der Waals surface area contributed by atoms with Crippen LogP contribution in [0, 0.1) is 11.4 Å². The van der Waals surface area contributed by atoms with Crippen LogP contribution < -0.4 is 10.1 Å². The first-order valence-electron chi connectivity index (χ1n) is 10.8. The highest BCUT2D eigenvalue weighted by Gasteiger charge is 2.29. The Morgan fingerprint density at radius 2 is 1.94 bits per heavy atom. The van der Waals surface area contributed by atoms with Crippen LogP contribution in [0.1, 0.15) is 50.9 Å². The number of nitrogens with one attached hydrogen (secondary N) is 2. The van der Waals surface area contributed by atoms with Crippen LogP contribution in [0.3, 0.4) is 0 Å². The van der Waals surface area contributed by atoms with E-state index in [1.807, 2.05) is 18.2 Å². The third-order valence-electron chi connectivity index (χ3n) is 6.31. The van der Waals surface area contributed by atoms with Gasteiger partial charge in [-0.2, -0.15) is 9.49 Å². The minimum atomic E-state index is -0.504. The maximum atomic E-state index is 14.4. The van der Waals surface area contributed by atoms with Gasteiger partial charge in [0.05, 0.1) is 12.8 Å². The highest BCUT2D eigenvalue weighted by molar-refractivity contribution is 5.67. The summed E-state index contributed by atoms with van der Waals surface area (Å²) in [6.45, 7) is 9.45. The Morgan fingerprint density at radius 3 is 2.65 bits per heavy atom. The van der Waals surface area contributed by atoms with Gasteiger partial charge >= 0.3 is 0 Å². The number of fused-ring (bicyclic) bond motifs is 1. The number of halogens is 1. The molecule has 0 amide bonds. The van der Waals surface area contributed by atoms with Crippen LogP contribution in [0.4, 0.5) is 10.2 Å². The van der Waals surface area contributed by atoms with Gasteiger partial charge in [0.15, 0.2) is 0 Å². The molecule has 4 rings (SSSR count). The third-order valence-corrected chi connectivity index (χ3v) is 6.31. The van der Waals surface area contributed by atoms with Gasteiger partial charge in [-0.1, -0.05) is 39.8 Å². The summed E-state index contributed by atoms with van der Waals surface area (Å²) in [4.78, 5) is 4.07. The van der Waals surface area contributed by atoms with Crippen molar-refractivity contribution in [3.05, 3.63) is 59.2 Å². The molecule has 5 nitrogen and oxygen atoms in total. The summed E-state index contributed by atoms with van der Waals surface area (Å²) in [5.74, 6) is 0.842. The number of pyridine rings is 1. The van der Waals surface area contributed by atoms with Crippen LogP contribution in [-0.4, -0.2) is 28.8 Å². The molecule has 1 aromatic carbocycles. The first kappa shape index (κ1) is 21.3. The molecule has 1 aliphatic rings. The van der Waals surface area contributed by atoms with Crippen molar-refractivity contribution in [3.63, 3.8) is 0 Å². The van der Waals surface area contributed by atoms with Crippen molar-refractivity contribution in [2.75, 3.05) is 19.0 Å². The van der Waals surface area contributed by atoms with Crippen LogP contribution in [-0.2, 0) is 18.3 Å². The number of hydrogen-bond donors (Lipinski definition) is 2. The molecule has 164 valence electrons. The zero-order chi connectivity index (χ0) is 22.2. The van der Waals surface area contributed by atoms with Gasteiger partial charge in [0.25, 0.3) is 0 Å².